The van der Waals surface area contributed by atoms with E-state index in [0.29, 0.717) is 0 Å². The molecule has 0 aliphatic heterocycles. The lowest BCUT2D eigenvalue weighted by atomic mass is 9.74. The topological polar surface area (TPSA) is 3.24 Å². The number of para-hydroxylation sites is 1. The van der Waals surface area contributed by atoms with Gasteiger partial charge in [-0.3, -0.25) is 0 Å². The Morgan fingerprint density at radius 1 is 0.311 bits per heavy atom. The summed E-state index contributed by atoms with van der Waals surface area (Å²) in [5.41, 5.74) is 18.3. The lowest BCUT2D eigenvalue weighted by molar-refractivity contribution is 0.714. The first-order valence-electron chi connectivity index (χ1n) is 21.4. The van der Waals surface area contributed by atoms with Crippen LogP contribution in [0.25, 0.3) is 54.9 Å². The van der Waals surface area contributed by atoms with Crippen LogP contribution in [-0.2, 0) is 10.8 Å². The average Bonchev–Trinajstić information content (AvgIpc) is 3.75. The molecule has 2 atom stereocenters. The molecule has 0 radical (unpaired) electrons. The van der Waals surface area contributed by atoms with Gasteiger partial charge in [0.1, 0.15) is 0 Å². The first-order valence-corrected chi connectivity index (χ1v) is 21.4. The van der Waals surface area contributed by atoms with E-state index in [4.69, 9.17) is 0 Å². The maximum atomic E-state index is 2.50. The van der Waals surface area contributed by atoms with Crippen molar-refractivity contribution in [3.05, 3.63) is 258 Å². The van der Waals surface area contributed by atoms with Crippen molar-refractivity contribution in [2.24, 2.45) is 0 Å². The van der Waals surface area contributed by atoms with E-state index in [1.54, 1.807) is 0 Å². The molecule has 12 rings (SSSR count). The summed E-state index contributed by atoms with van der Waals surface area (Å²) in [5, 5.41) is 5.00. The van der Waals surface area contributed by atoms with E-state index in [1.165, 1.54) is 88.3 Å². The Kier molecular flexibility index (Phi) is 7.86. The zero-order valence-corrected chi connectivity index (χ0v) is 34.3. The Bertz CT molecular complexity index is 3340. The number of hydrogen-bond donors (Lipinski definition) is 0. The monoisotopic (exact) mass is 777 g/mol. The third-order valence-electron chi connectivity index (χ3n) is 14.0. The minimum Gasteiger partial charge on any atom is -0.310 e. The standard InChI is InChI=1S/C60H43N/c1-59(43-18-5-3-6-19-43)54-26-14-11-24-50(54)52-34-31-42(38-56(52)59)49-23-13-16-28-58(49)61(45-32-35-48-41(37-45)30-29-40-17-9-10-22-47(40)48)46-33-36-53-51-25-12-15-27-55(51)60(2,57(53)39-46)44-20-7-4-8-21-44/h3-39H,1-2H3. The molecular weight excluding hydrogens is 735 g/mol. The molecule has 1 nitrogen and oxygen atoms in total. The molecule has 1 heteroatoms. The molecule has 2 aliphatic carbocycles. The molecule has 0 saturated heterocycles. The first kappa shape index (κ1) is 35.5. The summed E-state index contributed by atoms with van der Waals surface area (Å²) in [4.78, 5) is 2.50. The molecule has 2 unspecified atom stereocenters. The Hall–Kier alpha value is -7.48. The highest BCUT2D eigenvalue weighted by Crippen LogP contribution is 2.56. The number of benzene rings is 10. The molecular formula is C60H43N. The third-order valence-corrected chi connectivity index (χ3v) is 14.0. The Morgan fingerprint density at radius 3 is 1.48 bits per heavy atom. The van der Waals surface area contributed by atoms with Gasteiger partial charge < -0.3 is 4.90 Å². The van der Waals surface area contributed by atoms with Gasteiger partial charge in [0.15, 0.2) is 0 Å². The molecule has 288 valence electrons. The Balaban J connectivity index is 1.09. The summed E-state index contributed by atoms with van der Waals surface area (Å²) in [6, 6.07) is 83.5. The summed E-state index contributed by atoms with van der Waals surface area (Å²) in [5.74, 6) is 0. The number of nitrogens with zero attached hydrogens (tertiary/aromatic N) is 1. The van der Waals surface area contributed by atoms with E-state index in [1.807, 2.05) is 0 Å². The number of hydrogen-bond acceptors (Lipinski definition) is 1. The fourth-order valence-corrected chi connectivity index (χ4v) is 10.9. The lowest BCUT2D eigenvalue weighted by Crippen LogP contribution is -2.23. The van der Waals surface area contributed by atoms with Crippen molar-refractivity contribution in [1.29, 1.82) is 0 Å². The van der Waals surface area contributed by atoms with Crippen LogP contribution >= 0.6 is 0 Å². The molecule has 0 amide bonds. The van der Waals surface area contributed by atoms with Crippen molar-refractivity contribution in [3.8, 4) is 33.4 Å². The molecule has 0 spiro atoms. The smallest absolute Gasteiger partial charge is 0.0540 e. The second kappa shape index (κ2) is 13.5. The second-order valence-corrected chi connectivity index (χ2v) is 17.1. The minimum atomic E-state index is -0.326. The molecule has 0 bridgehead atoms. The van der Waals surface area contributed by atoms with E-state index in [9.17, 15) is 0 Å². The molecule has 2 aliphatic rings. The van der Waals surface area contributed by atoms with E-state index in [0.717, 1.165) is 17.1 Å². The van der Waals surface area contributed by atoms with Gasteiger partial charge in [-0.2, -0.15) is 0 Å². The Labute approximate surface area is 357 Å². The zero-order chi connectivity index (χ0) is 40.7. The summed E-state index contributed by atoms with van der Waals surface area (Å²) in [6.07, 6.45) is 0. The van der Waals surface area contributed by atoms with Gasteiger partial charge in [0.2, 0.25) is 0 Å². The highest BCUT2D eigenvalue weighted by molar-refractivity contribution is 6.09. The summed E-state index contributed by atoms with van der Waals surface area (Å²) >= 11 is 0. The maximum Gasteiger partial charge on any atom is 0.0540 e. The van der Waals surface area contributed by atoms with Gasteiger partial charge in [-0.1, -0.05) is 188 Å². The van der Waals surface area contributed by atoms with Crippen molar-refractivity contribution < 1.29 is 0 Å². The van der Waals surface area contributed by atoms with Gasteiger partial charge in [0.25, 0.3) is 0 Å². The van der Waals surface area contributed by atoms with Crippen LogP contribution < -0.4 is 4.90 Å². The predicted molar refractivity (Wildman–Crippen MR) is 256 cm³/mol. The van der Waals surface area contributed by atoms with Crippen molar-refractivity contribution in [2.45, 2.75) is 24.7 Å². The quantitative estimate of drug-likeness (QED) is 0.152. The van der Waals surface area contributed by atoms with Crippen LogP contribution in [0.1, 0.15) is 47.2 Å². The number of fused-ring (bicyclic) bond motifs is 9. The van der Waals surface area contributed by atoms with E-state index < -0.39 is 0 Å². The second-order valence-electron chi connectivity index (χ2n) is 17.1. The normalized spacial score (nSPS) is 17.1. The fraction of sp³-hybridized carbons (Fsp3) is 0.0667. The summed E-state index contributed by atoms with van der Waals surface area (Å²) < 4.78 is 0. The van der Waals surface area contributed by atoms with Crippen LogP contribution in [0.3, 0.4) is 0 Å². The Morgan fingerprint density at radius 2 is 0.787 bits per heavy atom. The highest BCUT2D eigenvalue weighted by atomic mass is 15.1. The van der Waals surface area contributed by atoms with Gasteiger partial charge in [0.05, 0.1) is 5.69 Å². The third kappa shape index (κ3) is 5.20. The molecule has 0 saturated carbocycles. The van der Waals surface area contributed by atoms with Crippen molar-refractivity contribution >= 4 is 38.6 Å². The van der Waals surface area contributed by atoms with Gasteiger partial charge in [-0.15, -0.1) is 0 Å². The molecule has 0 aromatic heterocycles. The minimum absolute atomic E-state index is 0.296. The van der Waals surface area contributed by atoms with Crippen LogP contribution in [0, 0.1) is 0 Å². The SMILES string of the molecule is CC1(c2ccccc2)c2ccccc2-c2ccc(-c3ccccc3N(c3ccc4c(c3)C(C)(c3ccccc3)c3ccccc3-4)c3ccc4c(ccc5ccccc54)c3)cc21. The predicted octanol–water partition coefficient (Wildman–Crippen LogP) is 15.8. The zero-order valence-electron chi connectivity index (χ0n) is 34.3. The van der Waals surface area contributed by atoms with Gasteiger partial charge in [0, 0.05) is 27.8 Å². The molecule has 0 fully saturated rings. The van der Waals surface area contributed by atoms with Crippen LogP contribution in [0.4, 0.5) is 17.1 Å². The average molecular weight is 778 g/mol. The fourth-order valence-electron chi connectivity index (χ4n) is 10.9. The highest BCUT2D eigenvalue weighted by Gasteiger charge is 2.42. The maximum absolute atomic E-state index is 2.50. The van der Waals surface area contributed by atoms with Crippen molar-refractivity contribution in [1.82, 2.24) is 0 Å². The van der Waals surface area contributed by atoms with Crippen LogP contribution in [0.2, 0.25) is 0 Å². The largest absolute Gasteiger partial charge is 0.310 e. The van der Waals surface area contributed by atoms with Crippen LogP contribution in [0.5, 0.6) is 0 Å². The van der Waals surface area contributed by atoms with Crippen molar-refractivity contribution in [3.63, 3.8) is 0 Å². The number of anilines is 3. The molecule has 0 heterocycles. The first-order chi connectivity index (χ1) is 30.0. The van der Waals surface area contributed by atoms with Crippen LogP contribution in [0.15, 0.2) is 224 Å². The van der Waals surface area contributed by atoms with Gasteiger partial charge in [-0.25, -0.2) is 0 Å². The lowest BCUT2D eigenvalue weighted by Gasteiger charge is -2.32. The van der Waals surface area contributed by atoms with E-state index in [-0.39, 0.29) is 10.8 Å². The molecule has 61 heavy (non-hydrogen) atoms. The van der Waals surface area contributed by atoms with Crippen molar-refractivity contribution in [2.75, 3.05) is 4.90 Å². The molecule has 10 aromatic rings. The summed E-state index contributed by atoms with van der Waals surface area (Å²) in [7, 11) is 0. The molecule has 0 N–H and O–H groups in total. The number of rotatable bonds is 6. The van der Waals surface area contributed by atoms with Gasteiger partial charge >= 0.3 is 0 Å². The van der Waals surface area contributed by atoms with E-state index in [2.05, 4.69) is 243 Å². The molecule has 10 aromatic carbocycles. The van der Waals surface area contributed by atoms with Crippen LogP contribution in [-0.4, -0.2) is 0 Å². The van der Waals surface area contributed by atoms with E-state index >= 15 is 0 Å². The summed E-state index contributed by atoms with van der Waals surface area (Å²) in [6.45, 7) is 4.81. The van der Waals surface area contributed by atoms with Gasteiger partial charge in [-0.05, 0) is 133 Å².